The second-order valence-electron chi connectivity index (χ2n) is 15.6. The normalized spacial score (nSPS) is 35.6. The maximum Gasteiger partial charge on any atom is 0.312 e. The minimum atomic E-state index is -3.06. The molecule has 1 atom stereocenters. The number of hydrogen-bond donors (Lipinski definition) is 2. The van der Waals surface area contributed by atoms with Crippen LogP contribution in [0.1, 0.15) is 96.3 Å². The summed E-state index contributed by atoms with van der Waals surface area (Å²) >= 11 is 0. The number of nitrogens with one attached hydrogen (secondary N) is 2. The fraction of sp³-hybridized carbons (Fsp3) is 0.853. The number of fused-ring (bicyclic) bond motifs is 6. The lowest BCUT2D eigenvalue weighted by molar-refractivity contribution is -0.167. The number of amides is 2. The molecule has 0 radical (unpaired) electrons. The monoisotopic (exact) mass is 697 g/mol. The number of rotatable bonds is 12. The zero-order valence-corrected chi connectivity index (χ0v) is 27.9. The maximum atomic E-state index is 13.8. The minimum Gasteiger partial charge on any atom is -0.465 e. The van der Waals surface area contributed by atoms with Crippen LogP contribution >= 0.6 is 0 Å². The van der Waals surface area contributed by atoms with E-state index in [1.807, 2.05) is 0 Å². The summed E-state index contributed by atoms with van der Waals surface area (Å²) in [5.41, 5.74) is -1.78. The Morgan fingerprint density at radius 1 is 0.673 bits per heavy atom. The molecule has 15 heteroatoms. The van der Waals surface area contributed by atoms with E-state index in [1.54, 1.807) is 6.07 Å². The Labute approximate surface area is 283 Å². The number of esters is 2. The van der Waals surface area contributed by atoms with E-state index in [4.69, 9.17) is 9.47 Å². The van der Waals surface area contributed by atoms with Gasteiger partial charge in [0, 0.05) is 36.9 Å². The number of alkyl halides is 4. The van der Waals surface area contributed by atoms with E-state index in [0.29, 0.717) is 83.5 Å². The van der Waals surface area contributed by atoms with Crippen molar-refractivity contribution in [2.45, 2.75) is 125 Å². The lowest BCUT2D eigenvalue weighted by Crippen LogP contribution is -2.59. The first-order valence-corrected chi connectivity index (χ1v) is 17.7. The average molecular weight is 698 g/mol. The SMILES string of the molecule is N#CC1CC(F)(F)CN1C(=O)CNC12CCC(C(=O)OCCCOC(=O)C34CCC(NCC(=O)N5CCC(F)(F)C5)(CC3)CC4)(CC1)CC2. The summed E-state index contributed by atoms with van der Waals surface area (Å²) in [5, 5.41) is 15.8. The molecule has 4 bridgehead atoms. The van der Waals surface area contributed by atoms with Crippen molar-refractivity contribution in [3.63, 3.8) is 0 Å². The fourth-order valence-corrected chi connectivity index (χ4v) is 9.09. The number of carbonyl (C=O) groups excluding carboxylic acids is 4. The van der Waals surface area contributed by atoms with Gasteiger partial charge in [-0.25, -0.2) is 17.6 Å². The van der Waals surface area contributed by atoms with Gasteiger partial charge < -0.3 is 29.9 Å². The van der Waals surface area contributed by atoms with E-state index >= 15 is 0 Å². The highest BCUT2D eigenvalue weighted by molar-refractivity contribution is 5.80. The van der Waals surface area contributed by atoms with Crippen molar-refractivity contribution in [3.05, 3.63) is 0 Å². The highest BCUT2D eigenvalue weighted by atomic mass is 19.3. The van der Waals surface area contributed by atoms with Crippen LogP contribution in [0.4, 0.5) is 17.6 Å². The quantitative estimate of drug-likeness (QED) is 0.178. The van der Waals surface area contributed by atoms with Gasteiger partial charge in [-0.2, -0.15) is 5.26 Å². The van der Waals surface area contributed by atoms with Crippen LogP contribution in [0.15, 0.2) is 0 Å². The van der Waals surface area contributed by atoms with Crippen molar-refractivity contribution in [1.29, 1.82) is 5.26 Å². The van der Waals surface area contributed by atoms with Gasteiger partial charge in [0.2, 0.25) is 11.8 Å². The summed E-state index contributed by atoms with van der Waals surface area (Å²) in [6, 6.07) is 0.670. The first-order valence-electron chi connectivity index (χ1n) is 17.7. The lowest BCUT2D eigenvalue weighted by atomic mass is 9.57. The Bertz CT molecular complexity index is 1320. The number of halogens is 4. The van der Waals surface area contributed by atoms with Crippen LogP contribution in [-0.4, -0.2) is 108 Å². The predicted octanol–water partition coefficient (Wildman–Crippen LogP) is 3.46. The van der Waals surface area contributed by atoms with Crippen LogP contribution in [0.2, 0.25) is 0 Å². The van der Waals surface area contributed by atoms with Crippen molar-refractivity contribution in [2.24, 2.45) is 10.8 Å². The molecular formula is C34H47F4N5O6. The molecule has 1 unspecified atom stereocenters. The Hall–Kier alpha value is -2.99. The van der Waals surface area contributed by atoms with E-state index in [9.17, 15) is 42.0 Å². The number of nitrogens with zero attached hydrogens (tertiary/aromatic N) is 3. The molecule has 2 aliphatic heterocycles. The molecule has 0 aromatic heterocycles. The van der Waals surface area contributed by atoms with Crippen LogP contribution in [0, 0.1) is 22.2 Å². The van der Waals surface area contributed by atoms with E-state index in [1.165, 1.54) is 4.90 Å². The highest BCUT2D eigenvalue weighted by Crippen LogP contribution is 2.54. The molecule has 6 aliphatic carbocycles. The molecule has 0 aromatic rings. The van der Waals surface area contributed by atoms with E-state index in [0.717, 1.165) is 4.90 Å². The molecule has 6 saturated carbocycles. The zero-order valence-electron chi connectivity index (χ0n) is 27.9. The van der Waals surface area contributed by atoms with Crippen molar-refractivity contribution in [1.82, 2.24) is 20.4 Å². The molecular weight excluding hydrogens is 650 g/mol. The van der Waals surface area contributed by atoms with Gasteiger partial charge in [0.05, 0.1) is 56.3 Å². The third-order valence-electron chi connectivity index (χ3n) is 12.6. The number of carbonyl (C=O) groups is 4. The largest absolute Gasteiger partial charge is 0.465 e. The summed E-state index contributed by atoms with van der Waals surface area (Å²) in [6.45, 7) is -1.05. The summed E-state index contributed by atoms with van der Waals surface area (Å²) < 4.78 is 65.8. The Morgan fingerprint density at radius 3 is 1.57 bits per heavy atom. The maximum absolute atomic E-state index is 13.8. The molecule has 8 fully saturated rings. The Kier molecular flexibility index (Phi) is 9.71. The third kappa shape index (κ3) is 7.41. The number of hydrogen-bond acceptors (Lipinski definition) is 9. The van der Waals surface area contributed by atoms with Gasteiger partial charge >= 0.3 is 11.9 Å². The van der Waals surface area contributed by atoms with Crippen LogP contribution < -0.4 is 10.6 Å². The standard InChI is InChI=1S/C34H47F4N5O6/c35-33(36)14-15-42(22-33)25(44)20-40-31-8-2-29(3-9-31,4-10-31)27(46)48-16-1-17-49-28(47)30-5-11-32(12-6-30,13-7-30)41-21-26(45)43-23-34(37,38)18-24(43)19-39/h24,40-41H,1-18,20-23H2. The van der Waals surface area contributed by atoms with Gasteiger partial charge in [-0.15, -0.1) is 0 Å². The van der Waals surface area contributed by atoms with E-state index < -0.39 is 54.1 Å². The summed E-state index contributed by atoms with van der Waals surface area (Å²) in [7, 11) is 0. The van der Waals surface area contributed by atoms with E-state index in [-0.39, 0.29) is 68.2 Å². The number of ether oxygens (including phenoxy) is 2. The van der Waals surface area contributed by atoms with Crippen molar-refractivity contribution in [2.75, 3.05) is 45.9 Å². The lowest BCUT2D eigenvalue weighted by Gasteiger charge is -2.52. The predicted molar refractivity (Wildman–Crippen MR) is 165 cm³/mol. The molecule has 8 aliphatic rings. The first-order chi connectivity index (χ1) is 23.1. The second-order valence-corrected chi connectivity index (χ2v) is 15.6. The highest BCUT2D eigenvalue weighted by Gasteiger charge is 2.55. The van der Waals surface area contributed by atoms with Crippen LogP contribution in [-0.2, 0) is 28.7 Å². The second kappa shape index (κ2) is 13.3. The molecule has 49 heavy (non-hydrogen) atoms. The fourth-order valence-electron chi connectivity index (χ4n) is 9.09. The van der Waals surface area contributed by atoms with Gasteiger partial charge in [0.1, 0.15) is 6.04 Å². The summed E-state index contributed by atoms with van der Waals surface area (Å²) in [4.78, 5) is 53.6. The Balaban J connectivity index is 0.864. The molecule has 2 saturated heterocycles. The third-order valence-corrected chi connectivity index (χ3v) is 12.6. The molecule has 11 nitrogen and oxygen atoms in total. The molecule has 2 heterocycles. The molecule has 2 N–H and O–H groups in total. The zero-order chi connectivity index (χ0) is 35.1. The first kappa shape index (κ1) is 35.8. The van der Waals surface area contributed by atoms with Gasteiger partial charge in [-0.3, -0.25) is 19.2 Å². The summed E-state index contributed by atoms with van der Waals surface area (Å²) in [6.07, 6.45) is 7.16. The molecule has 8 rings (SSSR count). The van der Waals surface area contributed by atoms with E-state index in [2.05, 4.69) is 10.6 Å². The smallest absolute Gasteiger partial charge is 0.312 e. The molecule has 272 valence electrons. The van der Waals surface area contributed by atoms with Gasteiger partial charge in [0.15, 0.2) is 0 Å². The number of likely N-dealkylation sites (tertiary alicyclic amines) is 2. The van der Waals surface area contributed by atoms with Crippen molar-refractivity contribution < 1.29 is 46.2 Å². The van der Waals surface area contributed by atoms with Crippen LogP contribution in [0.25, 0.3) is 0 Å². The molecule has 0 spiro atoms. The van der Waals surface area contributed by atoms with Crippen LogP contribution in [0.5, 0.6) is 0 Å². The Morgan fingerprint density at radius 2 is 1.14 bits per heavy atom. The molecule has 0 aromatic carbocycles. The van der Waals surface area contributed by atoms with Crippen molar-refractivity contribution in [3.8, 4) is 6.07 Å². The van der Waals surface area contributed by atoms with Gasteiger partial charge in [-0.05, 0) is 77.0 Å². The molecule has 2 amide bonds. The van der Waals surface area contributed by atoms with Crippen molar-refractivity contribution >= 4 is 23.8 Å². The topological polar surface area (TPSA) is 141 Å². The average Bonchev–Trinajstić information content (AvgIpc) is 3.64. The minimum absolute atomic E-state index is 0.0153. The van der Waals surface area contributed by atoms with Gasteiger partial charge in [0.25, 0.3) is 11.8 Å². The van der Waals surface area contributed by atoms with Crippen LogP contribution in [0.3, 0.4) is 0 Å². The van der Waals surface area contributed by atoms with Gasteiger partial charge in [-0.1, -0.05) is 0 Å². The summed E-state index contributed by atoms with van der Waals surface area (Å²) in [5.74, 6) is -7.22. The number of nitriles is 1.